The first-order valence-corrected chi connectivity index (χ1v) is 5.36. The predicted molar refractivity (Wildman–Crippen MR) is 64.9 cm³/mol. The van der Waals surface area contributed by atoms with Crippen LogP contribution in [0.3, 0.4) is 0 Å². The topological polar surface area (TPSA) is 20.3 Å². The first kappa shape index (κ1) is 12.1. The summed E-state index contributed by atoms with van der Waals surface area (Å²) in [5, 5.41) is 0.516. The summed E-state index contributed by atoms with van der Waals surface area (Å²) >= 11 is 9.11. The normalized spacial score (nSPS) is 9.47. The Morgan fingerprint density at radius 2 is 2.27 bits per heavy atom. The molecule has 0 atom stereocenters. The number of benzene rings is 1. The molecular weight excluding hydrogens is 277 g/mol. The Hall–Kier alpha value is -0.980. The third kappa shape index (κ3) is 3.26. The second-order valence-electron chi connectivity index (χ2n) is 3.02. The Kier molecular flexibility index (Phi) is 4.19. The summed E-state index contributed by atoms with van der Waals surface area (Å²) in [4.78, 5) is 13.2. The second kappa shape index (κ2) is 5.20. The summed E-state index contributed by atoms with van der Waals surface area (Å²) in [6.45, 7) is 0.281. The van der Waals surface area contributed by atoms with E-state index in [2.05, 4.69) is 21.9 Å². The minimum Gasteiger partial charge on any atom is -0.331 e. The molecule has 0 bridgehead atoms. The molecule has 4 heteroatoms. The van der Waals surface area contributed by atoms with Crippen LogP contribution >= 0.6 is 27.5 Å². The summed E-state index contributed by atoms with van der Waals surface area (Å²) in [5.74, 6) is 2.27. The predicted octanol–water partition coefficient (Wildman–Crippen LogP) is 2.81. The van der Waals surface area contributed by atoms with Crippen molar-refractivity contribution in [2.75, 3.05) is 13.6 Å². The highest BCUT2D eigenvalue weighted by Gasteiger charge is 2.11. The molecule has 1 rings (SSSR count). The Balaban J connectivity index is 2.97. The SMILES string of the molecule is C#CCN(C)C(=O)c1cc(Cl)cc(Br)c1. The number of hydrogen-bond donors (Lipinski definition) is 0. The zero-order valence-corrected chi connectivity index (χ0v) is 10.5. The van der Waals surface area contributed by atoms with Crippen molar-refractivity contribution < 1.29 is 4.79 Å². The molecule has 0 fully saturated rings. The summed E-state index contributed by atoms with van der Waals surface area (Å²) in [7, 11) is 1.65. The van der Waals surface area contributed by atoms with Crippen molar-refractivity contribution in [2.24, 2.45) is 0 Å². The molecule has 1 aromatic carbocycles. The van der Waals surface area contributed by atoms with E-state index in [1.54, 1.807) is 25.2 Å². The average molecular weight is 287 g/mol. The van der Waals surface area contributed by atoms with Gasteiger partial charge in [0.05, 0.1) is 6.54 Å². The van der Waals surface area contributed by atoms with E-state index in [1.165, 1.54) is 4.90 Å². The highest BCUT2D eigenvalue weighted by atomic mass is 79.9. The molecule has 0 saturated carbocycles. The summed E-state index contributed by atoms with van der Waals surface area (Å²) in [5.41, 5.74) is 0.520. The largest absolute Gasteiger partial charge is 0.331 e. The van der Waals surface area contributed by atoms with Crippen LogP contribution < -0.4 is 0 Å². The number of carbonyl (C=O) groups excluding carboxylic acids is 1. The number of carbonyl (C=O) groups is 1. The fourth-order valence-corrected chi connectivity index (χ4v) is 1.97. The van der Waals surface area contributed by atoms with Crippen molar-refractivity contribution in [3.05, 3.63) is 33.3 Å². The Morgan fingerprint density at radius 3 is 2.80 bits per heavy atom. The lowest BCUT2D eigenvalue weighted by Gasteiger charge is -2.14. The van der Waals surface area contributed by atoms with Crippen molar-refractivity contribution in [2.45, 2.75) is 0 Å². The van der Waals surface area contributed by atoms with E-state index in [0.717, 1.165) is 4.47 Å². The molecule has 2 nitrogen and oxygen atoms in total. The minimum absolute atomic E-state index is 0.142. The molecular formula is C11H9BrClNO. The fourth-order valence-electron chi connectivity index (χ4n) is 1.11. The van der Waals surface area contributed by atoms with Crippen LogP contribution in [-0.4, -0.2) is 24.4 Å². The molecule has 0 unspecified atom stereocenters. The number of terminal acetylenes is 1. The molecule has 1 aromatic rings. The van der Waals surface area contributed by atoms with E-state index < -0.39 is 0 Å². The van der Waals surface area contributed by atoms with E-state index in [0.29, 0.717) is 10.6 Å². The maximum atomic E-state index is 11.8. The third-order valence-corrected chi connectivity index (χ3v) is 2.46. The number of amides is 1. The Morgan fingerprint density at radius 1 is 1.60 bits per heavy atom. The lowest BCUT2D eigenvalue weighted by Crippen LogP contribution is -2.26. The quantitative estimate of drug-likeness (QED) is 0.766. The van der Waals surface area contributed by atoms with Gasteiger partial charge in [0.1, 0.15) is 0 Å². The van der Waals surface area contributed by atoms with Crippen LogP contribution in [0.2, 0.25) is 5.02 Å². The lowest BCUT2D eigenvalue weighted by atomic mass is 10.2. The molecule has 78 valence electrons. The molecule has 0 spiro atoms. The Labute approximate surface area is 102 Å². The standard InChI is InChI=1S/C11H9BrClNO/c1-3-4-14(2)11(15)8-5-9(12)7-10(13)6-8/h1,5-7H,4H2,2H3. The van der Waals surface area contributed by atoms with E-state index in [9.17, 15) is 4.79 Å². The van der Waals surface area contributed by atoms with Gasteiger partial charge < -0.3 is 4.90 Å². The number of halogens is 2. The van der Waals surface area contributed by atoms with Crippen LogP contribution in [0.5, 0.6) is 0 Å². The summed E-state index contributed by atoms with van der Waals surface area (Å²) in [6.07, 6.45) is 5.13. The van der Waals surface area contributed by atoms with Crippen molar-refractivity contribution in [3.63, 3.8) is 0 Å². The molecule has 0 aliphatic rings. The van der Waals surface area contributed by atoms with E-state index in [4.69, 9.17) is 18.0 Å². The zero-order chi connectivity index (χ0) is 11.4. The first-order chi connectivity index (χ1) is 7.04. The molecule has 0 aromatic heterocycles. The van der Waals surface area contributed by atoms with Crippen LogP contribution in [0.25, 0.3) is 0 Å². The van der Waals surface area contributed by atoms with E-state index in [1.807, 2.05) is 0 Å². The van der Waals surface area contributed by atoms with Crippen LogP contribution in [0, 0.1) is 12.3 Å². The zero-order valence-electron chi connectivity index (χ0n) is 8.13. The number of rotatable bonds is 2. The van der Waals surface area contributed by atoms with Gasteiger partial charge in [0, 0.05) is 22.1 Å². The van der Waals surface area contributed by atoms with Gasteiger partial charge >= 0.3 is 0 Å². The van der Waals surface area contributed by atoms with Gasteiger partial charge in [-0.05, 0) is 18.2 Å². The van der Waals surface area contributed by atoms with Crippen LogP contribution in [0.4, 0.5) is 0 Å². The molecule has 0 aliphatic heterocycles. The summed E-state index contributed by atoms with van der Waals surface area (Å²) < 4.78 is 0.771. The smallest absolute Gasteiger partial charge is 0.254 e. The van der Waals surface area contributed by atoms with Crippen LogP contribution in [0.1, 0.15) is 10.4 Å². The van der Waals surface area contributed by atoms with E-state index >= 15 is 0 Å². The minimum atomic E-state index is -0.142. The number of nitrogens with zero attached hydrogens (tertiary/aromatic N) is 1. The molecule has 0 saturated heterocycles. The van der Waals surface area contributed by atoms with Gasteiger partial charge in [-0.1, -0.05) is 33.5 Å². The molecule has 0 heterocycles. The van der Waals surface area contributed by atoms with Crippen molar-refractivity contribution in [3.8, 4) is 12.3 Å². The van der Waals surface area contributed by atoms with Gasteiger partial charge in [0.25, 0.3) is 5.91 Å². The molecule has 0 N–H and O–H groups in total. The highest BCUT2D eigenvalue weighted by Crippen LogP contribution is 2.20. The monoisotopic (exact) mass is 285 g/mol. The van der Waals surface area contributed by atoms with Gasteiger partial charge in [-0.15, -0.1) is 6.42 Å². The first-order valence-electron chi connectivity index (χ1n) is 4.19. The van der Waals surface area contributed by atoms with E-state index in [-0.39, 0.29) is 12.5 Å². The van der Waals surface area contributed by atoms with Crippen molar-refractivity contribution in [1.82, 2.24) is 4.90 Å². The Bertz CT molecular complexity index is 405. The molecule has 0 radical (unpaired) electrons. The van der Waals surface area contributed by atoms with Crippen molar-refractivity contribution >= 4 is 33.4 Å². The van der Waals surface area contributed by atoms with Gasteiger partial charge in [-0.2, -0.15) is 0 Å². The lowest BCUT2D eigenvalue weighted by molar-refractivity contribution is 0.0812. The molecule has 1 amide bonds. The maximum absolute atomic E-state index is 11.8. The van der Waals surface area contributed by atoms with Gasteiger partial charge in [0.2, 0.25) is 0 Å². The maximum Gasteiger partial charge on any atom is 0.254 e. The van der Waals surface area contributed by atoms with Gasteiger partial charge in [0.15, 0.2) is 0 Å². The third-order valence-electron chi connectivity index (χ3n) is 1.78. The van der Waals surface area contributed by atoms with Gasteiger partial charge in [-0.25, -0.2) is 0 Å². The van der Waals surface area contributed by atoms with Crippen molar-refractivity contribution in [1.29, 1.82) is 0 Å². The van der Waals surface area contributed by atoms with Gasteiger partial charge in [-0.3, -0.25) is 4.79 Å². The average Bonchev–Trinajstić information content (AvgIpc) is 2.15. The second-order valence-corrected chi connectivity index (χ2v) is 4.38. The molecule has 0 aliphatic carbocycles. The highest BCUT2D eigenvalue weighted by molar-refractivity contribution is 9.10. The van der Waals surface area contributed by atoms with Crippen LogP contribution in [0.15, 0.2) is 22.7 Å². The number of hydrogen-bond acceptors (Lipinski definition) is 1. The molecule has 15 heavy (non-hydrogen) atoms. The fraction of sp³-hybridized carbons (Fsp3) is 0.182. The summed E-state index contributed by atoms with van der Waals surface area (Å²) in [6, 6.07) is 5.04. The van der Waals surface area contributed by atoms with Crippen LogP contribution in [-0.2, 0) is 0 Å².